The van der Waals surface area contributed by atoms with Gasteiger partial charge in [0, 0.05) is 25.7 Å². The monoisotopic (exact) mass is 256 g/mol. The van der Waals surface area contributed by atoms with Crippen molar-refractivity contribution < 1.29 is 4.74 Å². The van der Waals surface area contributed by atoms with Crippen LogP contribution in [0.2, 0.25) is 0 Å². The summed E-state index contributed by atoms with van der Waals surface area (Å²) < 4.78 is 5.55. The molecule has 1 atom stereocenters. The summed E-state index contributed by atoms with van der Waals surface area (Å²) in [5.41, 5.74) is 5.90. The fraction of sp³-hybridized carbons (Fsp3) is 1.00. The second kappa shape index (κ2) is 7.46. The van der Waals surface area contributed by atoms with Gasteiger partial charge in [0.25, 0.3) is 0 Å². The van der Waals surface area contributed by atoms with Gasteiger partial charge in [-0.3, -0.25) is 4.90 Å². The first kappa shape index (κ1) is 15.9. The van der Waals surface area contributed by atoms with E-state index in [1.165, 1.54) is 38.5 Å². The first-order chi connectivity index (χ1) is 8.50. The molecular formula is C15H32N2O. The molecule has 0 aromatic rings. The Bertz CT molecular complexity index is 223. The lowest BCUT2D eigenvalue weighted by Gasteiger charge is -2.38. The van der Waals surface area contributed by atoms with Gasteiger partial charge in [0.1, 0.15) is 0 Å². The van der Waals surface area contributed by atoms with Crippen molar-refractivity contribution in [3.8, 4) is 0 Å². The minimum absolute atomic E-state index is 0.0803. The fourth-order valence-electron chi connectivity index (χ4n) is 3.01. The fourth-order valence-corrected chi connectivity index (χ4v) is 3.01. The third-order valence-corrected chi connectivity index (χ3v) is 4.53. The number of hydrogen-bond donors (Lipinski definition) is 1. The summed E-state index contributed by atoms with van der Waals surface area (Å²) in [6, 6.07) is 1.15. The first-order valence-corrected chi connectivity index (χ1v) is 7.47. The smallest absolute Gasteiger partial charge is 0.0638 e. The molecule has 3 heteroatoms. The molecule has 1 saturated carbocycles. The van der Waals surface area contributed by atoms with E-state index in [4.69, 9.17) is 10.5 Å². The van der Waals surface area contributed by atoms with Crippen molar-refractivity contribution in [3.05, 3.63) is 0 Å². The maximum Gasteiger partial charge on any atom is 0.0638 e. The van der Waals surface area contributed by atoms with Gasteiger partial charge in [-0.15, -0.1) is 0 Å². The zero-order valence-electron chi connectivity index (χ0n) is 12.7. The molecule has 18 heavy (non-hydrogen) atoms. The molecule has 2 N–H and O–H groups in total. The van der Waals surface area contributed by atoms with Crippen LogP contribution in [-0.2, 0) is 4.74 Å². The van der Waals surface area contributed by atoms with E-state index in [0.717, 1.165) is 13.0 Å². The van der Waals surface area contributed by atoms with E-state index in [-0.39, 0.29) is 5.60 Å². The summed E-state index contributed by atoms with van der Waals surface area (Å²) >= 11 is 0. The van der Waals surface area contributed by atoms with Gasteiger partial charge in [-0.05, 0) is 40.2 Å². The highest BCUT2D eigenvalue weighted by Crippen LogP contribution is 2.25. The Hall–Kier alpha value is -0.120. The average molecular weight is 256 g/mol. The van der Waals surface area contributed by atoms with E-state index in [2.05, 4.69) is 25.8 Å². The van der Waals surface area contributed by atoms with Crippen molar-refractivity contribution in [1.82, 2.24) is 4.90 Å². The lowest BCUT2D eigenvalue weighted by Crippen LogP contribution is -2.47. The van der Waals surface area contributed by atoms with Crippen LogP contribution in [0.4, 0.5) is 0 Å². The van der Waals surface area contributed by atoms with Crippen LogP contribution in [0, 0.1) is 0 Å². The molecule has 0 aromatic heterocycles. The summed E-state index contributed by atoms with van der Waals surface area (Å²) in [4.78, 5) is 2.52. The van der Waals surface area contributed by atoms with Gasteiger partial charge >= 0.3 is 0 Å². The third kappa shape index (κ3) is 4.87. The number of nitrogens with zero attached hydrogens (tertiary/aromatic N) is 1. The van der Waals surface area contributed by atoms with E-state index in [0.29, 0.717) is 12.1 Å². The standard InChI is InChI=1S/C15H32N2O/c1-15(2,18-4)11-14(12-16)17(3)13-9-7-5-6-8-10-13/h13-14H,5-12,16H2,1-4H3. The van der Waals surface area contributed by atoms with Crippen LogP contribution >= 0.6 is 0 Å². The zero-order chi connectivity index (χ0) is 13.6. The summed E-state index contributed by atoms with van der Waals surface area (Å²) in [7, 11) is 4.04. The molecule has 1 fully saturated rings. The molecule has 1 aliphatic rings. The molecule has 1 rings (SSSR count). The van der Waals surface area contributed by atoms with Gasteiger partial charge in [0.05, 0.1) is 5.60 Å². The molecular weight excluding hydrogens is 224 g/mol. The van der Waals surface area contributed by atoms with Crippen molar-refractivity contribution in [1.29, 1.82) is 0 Å². The van der Waals surface area contributed by atoms with Gasteiger partial charge in [-0.25, -0.2) is 0 Å². The van der Waals surface area contributed by atoms with E-state index in [1.807, 2.05) is 0 Å². The SMILES string of the molecule is COC(C)(C)CC(CN)N(C)C1CCCCCC1. The minimum atomic E-state index is -0.0803. The number of nitrogens with two attached hydrogens (primary N) is 1. The van der Waals surface area contributed by atoms with Crippen LogP contribution in [0.15, 0.2) is 0 Å². The lowest BCUT2D eigenvalue weighted by atomic mass is 9.95. The van der Waals surface area contributed by atoms with Crippen LogP contribution in [0.25, 0.3) is 0 Å². The summed E-state index contributed by atoms with van der Waals surface area (Å²) in [5, 5.41) is 0. The van der Waals surface area contributed by atoms with Crippen molar-refractivity contribution >= 4 is 0 Å². The van der Waals surface area contributed by atoms with Crippen LogP contribution in [0.1, 0.15) is 58.8 Å². The number of likely N-dealkylation sites (N-methyl/N-ethyl adjacent to an activating group) is 1. The van der Waals surface area contributed by atoms with Gasteiger partial charge in [-0.2, -0.15) is 0 Å². The summed E-state index contributed by atoms with van der Waals surface area (Å²) in [6.45, 7) is 5.02. The van der Waals surface area contributed by atoms with E-state index in [9.17, 15) is 0 Å². The van der Waals surface area contributed by atoms with Crippen molar-refractivity contribution in [2.24, 2.45) is 5.73 Å². The van der Waals surface area contributed by atoms with Crippen molar-refractivity contribution in [2.75, 3.05) is 20.7 Å². The number of rotatable bonds is 6. The Kier molecular flexibility index (Phi) is 6.61. The molecule has 0 bridgehead atoms. The second-order valence-corrected chi connectivity index (χ2v) is 6.37. The first-order valence-electron chi connectivity index (χ1n) is 7.47. The number of hydrogen-bond acceptors (Lipinski definition) is 3. The van der Waals surface area contributed by atoms with Gasteiger partial charge in [-0.1, -0.05) is 25.7 Å². The van der Waals surface area contributed by atoms with E-state index in [1.54, 1.807) is 7.11 Å². The molecule has 0 heterocycles. The van der Waals surface area contributed by atoms with E-state index >= 15 is 0 Å². The predicted molar refractivity (Wildman–Crippen MR) is 77.8 cm³/mol. The highest BCUT2D eigenvalue weighted by atomic mass is 16.5. The van der Waals surface area contributed by atoms with Crippen LogP contribution in [0.3, 0.4) is 0 Å². The molecule has 0 radical (unpaired) electrons. The Balaban J connectivity index is 2.57. The van der Waals surface area contributed by atoms with Gasteiger partial charge in [0.15, 0.2) is 0 Å². The van der Waals surface area contributed by atoms with Crippen LogP contribution in [-0.4, -0.2) is 43.3 Å². The zero-order valence-corrected chi connectivity index (χ0v) is 12.7. The summed E-state index contributed by atoms with van der Waals surface area (Å²) in [6.07, 6.45) is 9.23. The molecule has 0 aliphatic heterocycles. The molecule has 1 aliphatic carbocycles. The van der Waals surface area contributed by atoms with E-state index < -0.39 is 0 Å². The maximum absolute atomic E-state index is 5.98. The molecule has 3 nitrogen and oxygen atoms in total. The second-order valence-electron chi connectivity index (χ2n) is 6.37. The third-order valence-electron chi connectivity index (χ3n) is 4.53. The van der Waals surface area contributed by atoms with Crippen LogP contribution in [0.5, 0.6) is 0 Å². The Morgan fingerprint density at radius 3 is 2.22 bits per heavy atom. The highest BCUT2D eigenvalue weighted by molar-refractivity contribution is 4.84. The van der Waals surface area contributed by atoms with Crippen molar-refractivity contribution in [3.63, 3.8) is 0 Å². The topological polar surface area (TPSA) is 38.5 Å². The van der Waals surface area contributed by atoms with Crippen LogP contribution < -0.4 is 5.73 Å². The average Bonchev–Trinajstić information content (AvgIpc) is 2.64. The lowest BCUT2D eigenvalue weighted by molar-refractivity contribution is -0.0105. The predicted octanol–water partition coefficient (Wildman–Crippen LogP) is 2.78. The van der Waals surface area contributed by atoms with Gasteiger partial charge < -0.3 is 10.5 Å². The molecule has 108 valence electrons. The molecule has 0 saturated heterocycles. The molecule has 0 amide bonds. The normalized spacial score (nSPS) is 21.0. The Morgan fingerprint density at radius 1 is 1.22 bits per heavy atom. The summed E-state index contributed by atoms with van der Waals surface area (Å²) in [5.74, 6) is 0. The molecule has 0 spiro atoms. The Morgan fingerprint density at radius 2 is 1.78 bits per heavy atom. The Labute approximate surface area is 113 Å². The highest BCUT2D eigenvalue weighted by Gasteiger charge is 2.28. The van der Waals surface area contributed by atoms with Crippen molar-refractivity contribution in [2.45, 2.75) is 76.5 Å². The minimum Gasteiger partial charge on any atom is -0.379 e. The number of methoxy groups -OCH3 is 1. The largest absolute Gasteiger partial charge is 0.379 e. The maximum atomic E-state index is 5.98. The quantitative estimate of drug-likeness (QED) is 0.743. The number of ether oxygens (including phenoxy) is 1. The molecule has 1 unspecified atom stereocenters. The van der Waals surface area contributed by atoms with Gasteiger partial charge in [0.2, 0.25) is 0 Å². The molecule has 0 aromatic carbocycles.